The second kappa shape index (κ2) is 7.85. The number of aliphatic carboxylic acids is 1. The summed E-state index contributed by atoms with van der Waals surface area (Å²) in [6, 6.07) is 5.25. The highest BCUT2D eigenvalue weighted by Gasteiger charge is 2.28. The van der Waals surface area contributed by atoms with Crippen LogP contribution in [0.15, 0.2) is 18.2 Å². The van der Waals surface area contributed by atoms with Gasteiger partial charge in [0.05, 0.1) is 14.2 Å². The summed E-state index contributed by atoms with van der Waals surface area (Å²) in [7, 11) is 3.05. The van der Waals surface area contributed by atoms with E-state index in [1.54, 1.807) is 23.1 Å². The van der Waals surface area contributed by atoms with E-state index in [2.05, 4.69) is 0 Å². The van der Waals surface area contributed by atoms with E-state index in [0.717, 1.165) is 12.8 Å². The van der Waals surface area contributed by atoms with Crippen LogP contribution in [0.25, 0.3) is 0 Å². The summed E-state index contributed by atoms with van der Waals surface area (Å²) in [4.78, 5) is 25.4. The van der Waals surface area contributed by atoms with Crippen LogP contribution in [0.5, 0.6) is 11.5 Å². The van der Waals surface area contributed by atoms with Gasteiger partial charge in [-0.1, -0.05) is 6.07 Å². The maximum atomic E-state index is 12.9. The lowest BCUT2D eigenvalue weighted by molar-refractivity contribution is -0.137. The van der Waals surface area contributed by atoms with Crippen molar-refractivity contribution in [1.29, 1.82) is 0 Å². The van der Waals surface area contributed by atoms with Gasteiger partial charge in [-0.2, -0.15) is 0 Å². The molecule has 1 amide bonds. The lowest BCUT2D eigenvalue weighted by Crippen LogP contribution is -2.40. The molecule has 1 atom stereocenters. The minimum atomic E-state index is -0.792. The van der Waals surface area contributed by atoms with Crippen LogP contribution in [0.1, 0.15) is 36.0 Å². The highest BCUT2D eigenvalue weighted by molar-refractivity contribution is 5.99. The van der Waals surface area contributed by atoms with Crippen LogP contribution in [0.3, 0.4) is 0 Å². The summed E-state index contributed by atoms with van der Waals surface area (Å²) < 4.78 is 10.6. The van der Waals surface area contributed by atoms with Gasteiger partial charge in [0, 0.05) is 19.5 Å². The smallest absolute Gasteiger partial charge is 0.303 e. The average molecular weight is 321 g/mol. The number of carbonyl (C=O) groups is 2. The fourth-order valence-corrected chi connectivity index (χ4v) is 3.03. The average Bonchev–Trinajstić information content (AvgIpc) is 2.58. The number of nitrogens with zero attached hydrogens (tertiary/aromatic N) is 1. The first-order chi connectivity index (χ1) is 11.1. The third-order valence-corrected chi connectivity index (χ3v) is 4.21. The molecule has 0 aromatic heterocycles. The number of amides is 1. The number of hydrogen-bond donors (Lipinski definition) is 1. The third kappa shape index (κ3) is 4.15. The number of carbonyl (C=O) groups excluding carboxylic acids is 1. The first kappa shape index (κ1) is 17.1. The fourth-order valence-electron chi connectivity index (χ4n) is 3.03. The number of methoxy groups -OCH3 is 2. The van der Waals surface area contributed by atoms with E-state index in [-0.39, 0.29) is 18.2 Å². The molecule has 0 unspecified atom stereocenters. The van der Waals surface area contributed by atoms with Gasteiger partial charge >= 0.3 is 5.97 Å². The second-order valence-corrected chi connectivity index (χ2v) is 5.73. The predicted octanol–water partition coefficient (Wildman–Crippen LogP) is 2.42. The molecule has 126 valence electrons. The lowest BCUT2D eigenvalue weighted by atomic mass is 9.93. The number of benzene rings is 1. The Morgan fingerprint density at radius 1 is 1.26 bits per heavy atom. The SMILES string of the molecule is COc1cccc(OC)c1C(=O)N1CCC[C@@H](CCC(=O)O)C1. The largest absolute Gasteiger partial charge is 0.496 e. The molecular formula is C17H23NO5. The molecule has 1 N–H and O–H groups in total. The van der Waals surface area contributed by atoms with Crippen LogP contribution in [0, 0.1) is 5.92 Å². The molecule has 0 radical (unpaired) electrons. The summed E-state index contributed by atoms with van der Waals surface area (Å²) in [5.74, 6) is 0.285. The Labute approximate surface area is 136 Å². The van der Waals surface area contributed by atoms with Gasteiger partial charge in [0.25, 0.3) is 5.91 Å². The first-order valence-electron chi connectivity index (χ1n) is 7.78. The molecule has 0 bridgehead atoms. The summed E-state index contributed by atoms with van der Waals surface area (Å²) >= 11 is 0. The zero-order valence-electron chi connectivity index (χ0n) is 13.6. The molecule has 0 saturated carbocycles. The zero-order chi connectivity index (χ0) is 16.8. The molecular weight excluding hydrogens is 298 g/mol. The Morgan fingerprint density at radius 3 is 2.48 bits per heavy atom. The summed E-state index contributed by atoms with van der Waals surface area (Å²) in [6.45, 7) is 1.25. The van der Waals surface area contributed by atoms with Gasteiger partial charge in [0.15, 0.2) is 0 Å². The molecule has 1 aromatic rings. The summed E-state index contributed by atoms with van der Waals surface area (Å²) in [6.07, 6.45) is 2.58. The van der Waals surface area contributed by atoms with Gasteiger partial charge in [0.2, 0.25) is 0 Å². The Balaban J connectivity index is 2.15. The molecule has 23 heavy (non-hydrogen) atoms. The van der Waals surface area contributed by atoms with E-state index < -0.39 is 5.97 Å². The Kier molecular flexibility index (Phi) is 5.84. The van der Waals surface area contributed by atoms with Crippen LogP contribution in [-0.4, -0.2) is 49.2 Å². The predicted molar refractivity (Wildman–Crippen MR) is 85.0 cm³/mol. The van der Waals surface area contributed by atoms with Gasteiger partial charge in [-0.3, -0.25) is 9.59 Å². The molecule has 6 heteroatoms. The number of likely N-dealkylation sites (tertiary alicyclic amines) is 1. The Hall–Kier alpha value is -2.24. The van der Waals surface area contributed by atoms with Crippen LogP contribution in [-0.2, 0) is 4.79 Å². The molecule has 0 aliphatic carbocycles. The number of piperidine rings is 1. The van der Waals surface area contributed by atoms with Crippen molar-refractivity contribution in [3.63, 3.8) is 0 Å². The van der Waals surface area contributed by atoms with E-state index in [9.17, 15) is 9.59 Å². The lowest BCUT2D eigenvalue weighted by Gasteiger charge is -2.33. The summed E-state index contributed by atoms with van der Waals surface area (Å²) in [5, 5.41) is 8.82. The maximum Gasteiger partial charge on any atom is 0.303 e. The molecule has 2 rings (SSSR count). The monoisotopic (exact) mass is 321 g/mol. The van der Waals surface area contributed by atoms with Gasteiger partial charge in [-0.25, -0.2) is 0 Å². The van der Waals surface area contributed by atoms with Crippen molar-refractivity contribution in [3.05, 3.63) is 23.8 Å². The highest BCUT2D eigenvalue weighted by Crippen LogP contribution is 2.31. The van der Waals surface area contributed by atoms with Crippen molar-refractivity contribution in [1.82, 2.24) is 4.90 Å². The van der Waals surface area contributed by atoms with E-state index in [1.807, 2.05) is 0 Å². The third-order valence-electron chi connectivity index (χ3n) is 4.21. The van der Waals surface area contributed by atoms with Gasteiger partial charge in [-0.05, 0) is 37.3 Å². The van der Waals surface area contributed by atoms with Crippen molar-refractivity contribution >= 4 is 11.9 Å². The van der Waals surface area contributed by atoms with Crippen LogP contribution < -0.4 is 9.47 Å². The van der Waals surface area contributed by atoms with Gasteiger partial charge < -0.3 is 19.5 Å². The number of carboxylic acids is 1. The van der Waals surface area contributed by atoms with Crippen molar-refractivity contribution in [2.45, 2.75) is 25.7 Å². The molecule has 1 saturated heterocycles. The van der Waals surface area contributed by atoms with Gasteiger partial charge in [0.1, 0.15) is 17.1 Å². The number of carboxylic acid groups (broad SMARTS) is 1. The topological polar surface area (TPSA) is 76.1 Å². The van der Waals surface area contributed by atoms with E-state index in [0.29, 0.717) is 36.6 Å². The normalized spacial score (nSPS) is 17.7. The van der Waals surface area contributed by atoms with Crippen molar-refractivity contribution in [3.8, 4) is 11.5 Å². The van der Waals surface area contributed by atoms with Gasteiger partial charge in [-0.15, -0.1) is 0 Å². The maximum absolute atomic E-state index is 12.9. The Morgan fingerprint density at radius 2 is 1.91 bits per heavy atom. The Bertz CT molecular complexity index is 550. The minimum Gasteiger partial charge on any atom is -0.496 e. The van der Waals surface area contributed by atoms with Crippen molar-refractivity contribution < 1.29 is 24.2 Å². The number of rotatable bonds is 6. The molecule has 0 spiro atoms. The molecule has 1 aliphatic heterocycles. The van der Waals surface area contributed by atoms with E-state index in [4.69, 9.17) is 14.6 Å². The fraction of sp³-hybridized carbons (Fsp3) is 0.529. The minimum absolute atomic E-state index is 0.126. The first-order valence-corrected chi connectivity index (χ1v) is 7.78. The van der Waals surface area contributed by atoms with Crippen LogP contribution >= 0.6 is 0 Å². The molecule has 6 nitrogen and oxygen atoms in total. The highest BCUT2D eigenvalue weighted by atomic mass is 16.5. The number of hydrogen-bond acceptors (Lipinski definition) is 4. The molecule has 1 fully saturated rings. The quantitative estimate of drug-likeness (QED) is 0.871. The van der Waals surface area contributed by atoms with Crippen LogP contribution in [0.4, 0.5) is 0 Å². The van der Waals surface area contributed by atoms with E-state index >= 15 is 0 Å². The van der Waals surface area contributed by atoms with Crippen molar-refractivity contribution in [2.75, 3.05) is 27.3 Å². The molecule has 1 heterocycles. The molecule has 1 aromatic carbocycles. The number of ether oxygens (including phenoxy) is 2. The zero-order valence-corrected chi connectivity index (χ0v) is 13.6. The molecule has 1 aliphatic rings. The van der Waals surface area contributed by atoms with Crippen LogP contribution in [0.2, 0.25) is 0 Å². The summed E-state index contributed by atoms with van der Waals surface area (Å²) in [5.41, 5.74) is 0.427. The standard InChI is InChI=1S/C17H23NO5/c1-22-13-6-3-7-14(23-2)16(13)17(21)18-10-4-5-12(11-18)8-9-15(19)20/h3,6-7,12H,4-5,8-11H2,1-2H3,(H,19,20)/t12-/m0/s1. The van der Waals surface area contributed by atoms with E-state index in [1.165, 1.54) is 14.2 Å². The second-order valence-electron chi connectivity index (χ2n) is 5.73. The van der Waals surface area contributed by atoms with Crippen molar-refractivity contribution in [2.24, 2.45) is 5.92 Å².